The van der Waals surface area contributed by atoms with E-state index in [0.29, 0.717) is 10.6 Å². The molecule has 3 aromatic heterocycles. The molecule has 0 saturated carbocycles. The fraction of sp³-hybridized carbons (Fsp3) is 0.188. The zero-order valence-electron chi connectivity index (χ0n) is 13.9. The van der Waals surface area contributed by atoms with Gasteiger partial charge in [0.1, 0.15) is 5.00 Å². The predicted octanol–water partition coefficient (Wildman–Crippen LogP) is 2.32. The van der Waals surface area contributed by atoms with Gasteiger partial charge in [-0.15, -0.1) is 11.3 Å². The number of imide groups is 1. The van der Waals surface area contributed by atoms with Crippen LogP contribution in [0.15, 0.2) is 36.1 Å². The van der Waals surface area contributed by atoms with Gasteiger partial charge in [-0.2, -0.15) is 5.10 Å². The summed E-state index contributed by atoms with van der Waals surface area (Å²) in [6.07, 6.45) is 3.32. The highest BCUT2D eigenvalue weighted by Gasteiger charge is 2.19. The molecule has 3 aromatic rings. The van der Waals surface area contributed by atoms with Crippen LogP contribution in [0.3, 0.4) is 0 Å². The number of fused-ring (bicyclic) bond motifs is 1. The summed E-state index contributed by atoms with van der Waals surface area (Å²) in [5.74, 6) is -1.11. The van der Waals surface area contributed by atoms with E-state index in [9.17, 15) is 14.4 Å². The van der Waals surface area contributed by atoms with Crippen LogP contribution in [0.4, 0.5) is 9.80 Å². The van der Waals surface area contributed by atoms with Crippen molar-refractivity contribution in [1.29, 1.82) is 0 Å². The highest BCUT2D eigenvalue weighted by molar-refractivity contribution is 7.14. The summed E-state index contributed by atoms with van der Waals surface area (Å²) in [6.45, 7) is 3.34. The molecule has 0 atom stereocenters. The van der Waals surface area contributed by atoms with Gasteiger partial charge in [0.05, 0.1) is 23.4 Å². The summed E-state index contributed by atoms with van der Waals surface area (Å²) in [6, 6.07) is 3.22. The molecule has 0 aliphatic carbocycles. The smallest absolute Gasteiger partial charge is 0.414 e. The number of aromatic nitrogens is 3. The Labute approximate surface area is 152 Å². The van der Waals surface area contributed by atoms with E-state index in [4.69, 9.17) is 4.74 Å². The molecule has 26 heavy (non-hydrogen) atoms. The molecule has 0 aliphatic rings. The van der Waals surface area contributed by atoms with Crippen LogP contribution >= 0.6 is 11.3 Å². The minimum atomic E-state index is -0.846. The molecule has 0 fully saturated rings. The molecular weight excluding hydrogens is 358 g/mol. The molecule has 134 valence electrons. The van der Waals surface area contributed by atoms with Crippen LogP contribution in [0.1, 0.15) is 34.6 Å². The number of ether oxygens (including phenoxy) is 1. The Morgan fingerprint density at radius 3 is 2.81 bits per heavy atom. The second kappa shape index (κ2) is 7.31. The quantitative estimate of drug-likeness (QED) is 0.725. The summed E-state index contributed by atoms with van der Waals surface area (Å²) in [5, 5.41) is 10.7. The molecule has 0 saturated heterocycles. The van der Waals surface area contributed by atoms with Crippen molar-refractivity contribution in [2.45, 2.75) is 20.0 Å². The highest BCUT2D eigenvalue weighted by Crippen LogP contribution is 2.24. The molecule has 10 heteroatoms. The second-order valence-electron chi connectivity index (χ2n) is 5.50. The van der Waals surface area contributed by atoms with Crippen LogP contribution in [-0.4, -0.2) is 38.6 Å². The van der Waals surface area contributed by atoms with Gasteiger partial charge in [0.25, 0.3) is 11.8 Å². The molecule has 0 aliphatic heterocycles. The lowest BCUT2D eigenvalue weighted by molar-refractivity contribution is 0.0877. The summed E-state index contributed by atoms with van der Waals surface area (Å²) in [7, 11) is 0. The normalized spacial score (nSPS) is 10.7. The second-order valence-corrected chi connectivity index (χ2v) is 6.42. The first-order valence-corrected chi connectivity index (χ1v) is 8.52. The van der Waals surface area contributed by atoms with Crippen molar-refractivity contribution in [3.8, 4) is 0 Å². The van der Waals surface area contributed by atoms with E-state index in [-0.39, 0.29) is 17.2 Å². The number of alkyl carbamates (subject to hydrolysis) is 1. The number of hydrogen-bond donors (Lipinski definition) is 2. The van der Waals surface area contributed by atoms with Gasteiger partial charge >= 0.3 is 6.09 Å². The van der Waals surface area contributed by atoms with Gasteiger partial charge < -0.3 is 10.1 Å². The SMILES string of the molecule is CC(C)OC(=O)NC(=O)c1ccsc1NC(=O)c1cnc2ccnn2c1. The fourth-order valence-corrected chi connectivity index (χ4v) is 2.87. The van der Waals surface area contributed by atoms with Crippen LogP contribution in [0.5, 0.6) is 0 Å². The number of thiophene rings is 1. The molecular formula is C16H15N5O4S. The molecule has 0 bridgehead atoms. The Bertz CT molecular complexity index is 978. The number of nitrogens with zero attached hydrogens (tertiary/aromatic N) is 3. The molecule has 0 spiro atoms. The number of carbonyl (C=O) groups excluding carboxylic acids is 3. The maximum atomic E-state index is 12.4. The van der Waals surface area contributed by atoms with Crippen molar-refractivity contribution >= 4 is 39.9 Å². The van der Waals surface area contributed by atoms with Gasteiger partial charge in [-0.3, -0.25) is 14.9 Å². The summed E-state index contributed by atoms with van der Waals surface area (Å²) in [5.41, 5.74) is 1.05. The number of carbonyl (C=O) groups is 3. The minimum Gasteiger partial charge on any atom is -0.447 e. The predicted molar refractivity (Wildman–Crippen MR) is 94.3 cm³/mol. The monoisotopic (exact) mass is 373 g/mol. The third-order valence-corrected chi connectivity index (χ3v) is 4.03. The number of amides is 3. The van der Waals surface area contributed by atoms with Gasteiger partial charge in [-0.1, -0.05) is 0 Å². The van der Waals surface area contributed by atoms with Crippen molar-refractivity contribution in [3.05, 3.63) is 47.2 Å². The summed E-state index contributed by atoms with van der Waals surface area (Å²) >= 11 is 1.16. The Morgan fingerprint density at radius 1 is 1.23 bits per heavy atom. The van der Waals surface area contributed by atoms with Crippen molar-refractivity contribution < 1.29 is 19.1 Å². The molecule has 3 amide bonds. The van der Waals surface area contributed by atoms with E-state index in [1.165, 1.54) is 23.0 Å². The average molecular weight is 373 g/mol. The van der Waals surface area contributed by atoms with Gasteiger partial charge in [-0.05, 0) is 25.3 Å². The van der Waals surface area contributed by atoms with E-state index in [1.54, 1.807) is 31.5 Å². The van der Waals surface area contributed by atoms with Crippen LogP contribution in [0.25, 0.3) is 5.65 Å². The maximum Gasteiger partial charge on any atom is 0.414 e. The van der Waals surface area contributed by atoms with Gasteiger partial charge in [0.2, 0.25) is 0 Å². The van der Waals surface area contributed by atoms with Crippen LogP contribution < -0.4 is 10.6 Å². The van der Waals surface area contributed by atoms with E-state index in [1.807, 2.05) is 0 Å². The zero-order chi connectivity index (χ0) is 18.7. The third-order valence-electron chi connectivity index (χ3n) is 3.20. The number of hydrogen-bond acceptors (Lipinski definition) is 7. The van der Waals surface area contributed by atoms with E-state index in [0.717, 1.165) is 11.3 Å². The van der Waals surface area contributed by atoms with Crippen LogP contribution in [-0.2, 0) is 4.74 Å². The topological polar surface area (TPSA) is 115 Å². The van der Waals surface area contributed by atoms with Crippen LogP contribution in [0, 0.1) is 0 Å². The Balaban J connectivity index is 1.72. The van der Waals surface area contributed by atoms with E-state index in [2.05, 4.69) is 20.7 Å². The fourth-order valence-electron chi connectivity index (χ4n) is 2.09. The van der Waals surface area contributed by atoms with Gasteiger partial charge in [0, 0.05) is 18.5 Å². The number of rotatable bonds is 4. The summed E-state index contributed by atoms with van der Waals surface area (Å²) < 4.78 is 6.34. The lowest BCUT2D eigenvalue weighted by Gasteiger charge is -2.09. The third kappa shape index (κ3) is 3.86. The van der Waals surface area contributed by atoms with E-state index < -0.39 is 17.9 Å². The van der Waals surface area contributed by atoms with Gasteiger partial charge in [0.15, 0.2) is 5.65 Å². The molecule has 3 rings (SSSR count). The molecule has 0 aromatic carbocycles. The van der Waals surface area contributed by atoms with E-state index >= 15 is 0 Å². The van der Waals surface area contributed by atoms with Crippen LogP contribution in [0.2, 0.25) is 0 Å². The van der Waals surface area contributed by atoms with Crippen molar-refractivity contribution in [2.24, 2.45) is 0 Å². The number of anilines is 1. The van der Waals surface area contributed by atoms with Gasteiger partial charge in [-0.25, -0.2) is 14.3 Å². The molecule has 2 N–H and O–H groups in total. The first kappa shape index (κ1) is 17.5. The van der Waals surface area contributed by atoms with Crippen molar-refractivity contribution in [2.75, 3.05) is 5.32 Å². The Hall–Kier alpha value is -3.27. The molecule has 0 radical (unpaired) electrons. The maximum absolute atomic E-state index is 12.4. The largest absolute Gasteiger partial charge is 0.447 e. The lowest BCUT2D eigenvalue weighted by atomic mass is 10.2. The zero-order valence-corrected chi connectivity index (χ0v) is 14.7. The lowest BCUT2D eigenvalue weighted by Crippen LogP contribution is -2.33. The first-order valence-electron chi connectivity index (χ1n) is 7.64. The standard InChI is InChI=1S/C16H15N5O4S/c1-9(2)25-16(24)20-14(23)11-4-6-26-15(11)19-13(22)10-7-17-12-3-5-18-21(12)8-10/h3-9H,1-2H3,(H,19,22)(H,20,23,24). The van der Waals surface area contributed by atoms with Crippen molar-refractivity contribution in [3.63, 3.8) is 0 Å². The summed E-state index contributed by atoms with van der Waals surface area (Å²) in [4.78, 5) is 40.3. The minimum absolute atomic E-state index is 0.164. The molecule has 3 heterocycles. The molecule has 0 unspecified atom stereocenters. The first-order chi connectivity index (χ1) is 12.4. The highest BCUT2D eigenvalue weighted by atomic mass is 32.1. The molecule has 9 nitrogen and oxygen atoms in total. The Morgan fingerprint density at radius 2 is 2.04 bits per heavy atom. The number of nitrogens with one attached hydrogen (secondary N) is 2. The Kier molecular flexibility index (Phi) is 4.94. The average Bonchev–Trinajstić information content (AvgIpc) is 3.21. The van der Waals surface area contributed by atoms with Crippen molar-refractivity contribution in [1.82, 2.24) is 19.9 Å².